The highest BCUT2D eigenvalue weighted by Crippen LogP contribution is 2.20. The molecule has 1 aromatic carbocycles. The minimum atomic E-state index is -1.85. The maximum Gasteiger partial charge on any atom is 0.335 e. The molecule has 0 saturated carbocycles. The van der Waals surface area contributed by atoms with E-state index in [1.54, 1.807) is 12.1 Å². The molecule has 1 saturated heterocycles. The van der Waals surface area contributed by atoms with E-state index in [0.717, 1.165) is 5.56 Å². The van der Waals surface area contributed by atoms with Crippen molar-refractivity contribution >= 4 is 17.6 Å². The summed E-state index contributed by atoms with van der Waals surface area (Å²) >= 11 is 0. The number of rotatable bonds is 3. The number of carbonyl (C=O) groups excluding carboxylic acids is 1. The van der Waals surface area contributed by atoms with Crippen molar-refractivity contribution < 1.29 is 24.5 Å². The minimum Gasteiger partial charge on any atom is -0.479 e. The minimum absolute atomic E-state index is 0.189. The number of amides is 1. The van der Waals surface area contributed by atoms with Gasteiger partial charge in [-0.2, -0.15) is 0 Å². The van der Waals surface area contributed by atoms with Gasteiger partial charge in [-0.15, -0.1) is 0 Å². The van der Waals surface area contributed by atoms with Crippen LogP contribution in [0, 0.1) is 6.92 Å². The SMILES string of the molecule is Cc1ccc(N2CCOC(C(O)C(=O)O)C2=O)cc1. The second-order valence-corrected chi connectivity index (χ2v) is 4.40. The van der Waals surface area contributed by atoms with Crippen molar-refractivity contribution in [2.24, 2.45) is 0 Å². The normalized spacial score (nSPS) is 21.3. The van der Waals surface area contributed by atoms with Gasteiger partial charge in [0.1, 0.15) is 0 Å². The van der Waals surface area contributed by atoms with Crippen LogP contribution in [0.2, 0.25) is 0 Å². The number of aliphatic hydroxyl groups is 1. The second kappa shape index (κ2) is 5.38. The number of carboxylic acid groups (broad SMARTS) is 1. The molecule has 1 aliphatic rings. The molecule has 0 radical (unpaired) electrons. The number of hydrogen-bond acceptors (Lipinski definition) is 4. The van der Waals surface area contributed by atoms with Crippen molar-refractivity contribution in [2.75, 3.05) is 18.1 Å². The molecule has 102 valence electrons. The number of anilines is 1. The van der Waals surface area contributed by atoms with E-state index in [2.05, 4.69) is 0 Å². The molecule has 0 bridgehead atoms. The molecule has 1 heterocycles. The Bertz CT molecular complexity index is 484. The lowest BCUT2D eigenvalue weighted by Gasteiger charge is -2.33. The number of ether oxygens (including phenoxy) is 1. The van der Waals surface area contributed by atoms with Crippen molar-refractivity contribution in [3.63, 3.8) is 0 Å². The summed E-state index contributed by atoms with van der Waals surface area (Å²) < 4.78 is 5.07. The largest absolute Gasteiger partial charge is 0.479 e. The van der Waals surface area contributed by atoms with E-state index in [1.165, 1.54) is 4.90 Å². The Balaban J connectivity index is 2.20. The fourth-order valence-corrected chi connectivity index (χ4v) is 1.94. The summed E-state index contributed by atoms with van der Waals surface area (Å²) in [5.74, 6) is -2.01. The number of carbonyl (C=O) groups is 2. The van der Waals surface area contributed by atoms with E-state index < -0.39 is 24.1 Å². The van der Waals surface area contributed by atoms with Crippen LogP contribution in [-0.2, 0) is 14.3 Å². The van der Waals surface area contributed by atoms with Crippen LogP contribution in [0.25, 0.3) is 0 Å². The molecule has 6 nitrogen and oxygen atoms in total. The summed E-state index contributed by atoms with van der Waals surface area (Å²) in [5.41, 5.74) is 1.73. The van der Waals surface area contributed by atoms with Gasteiger partial charge in [-0.25, -0.2) is 4.79 Å². The lowest BCUT2D eigenvalue weighted by molar-refractivity contribution is -0.163. The zero-order valence-corrected chi connectivity index (χ0v) is 10.4. The molecule has 6 heteroatoms. The number of aryl methyl sites for hydroxylation is 1. The first kappa shape index (κ1) is 13.5. The van der Waals surface area contributed by atoms with Crippen molar-refractivity contribution in [2.45, 2.75) is 19.1 Å². The lowest BCUT2D eigenvalue weighted by Crippen LogP contribution is -2.54. The molecule has 0 aliphatic carbocycles. The van der Waals surface area contributed by atoms with Gasteiger partial charge >= 0.3 is 5.97 Å². The van der Waals surface area contributed by atoms with Crippen LogP contribution < -0.4 is 4.90 Å². The van der Waals surface area contributed by atoms with Crippen LogP contribution in [0.15, 0.2) is 24.3 Å². The van der Waals surface area contributed by atoms with Gasteiger partial charge < -0.3 is 19.8 Å². The quantitative estimate of drug-likeness (QED) is 0.813. The number of carboxylic acids is 1. The third-order valence-corrected chi connectivity index (χ3v) is 3.01. The highest BCUT2D eigenvalue weighted by Gasteiger charge is 2.39. The molecule has 0 aromatic heterocycles. The van der Waals surface area contributed by atoms with Crippen molar-refractivity contribution in [3.05, 3.63) is 29.8 Å². The van der Waals surface area contributed by atoms with Gasteiger partial charge in [-0.3, -0.25) is 4.79 Å². The Kier molecular flexibility index (Phi) is 3.82. The number of hydrogen-bond donors (Lipinski definition) is 2. The Labute approximate surface area is 110 Å². The van der Waals surface area contributed by atoms with Crippen LogP contribution in [0.5, 0.6) is 0 Å². The number of nitrogens with zero attached hydrogens (tertiary/aromatic N) is 1. The van der Waals surface area contributed by atoms with Gasteiger partial charge in [0.15, 0.2) is 12.2 Å². The Morgan fingerprint density at radius 1 is 1.42 bits per heavy atom. The molecule has 1 aliphatic heterocycles. The Morgan fingerprint density at radius 3 is 2.63 bits per heavy atom. The molecular weight excluding hydrogens is 250 g/mol. The topological polar surface area (TPSA) is 87.1 Å². The monoisotopic (exact) mass is 265 g/mol. The zero-order valence-electron chi connectivity index (χ0n) is 10.4. The predicted molar refractivity (Wildman–Crippen MR) is 66.9 cm³/mol. The summed E-state index contributed by atoms with van der Waals surface area (Å²) in [5, 5.41) is 18.2. The van der Waals surface area contributed by atoms with E-state index >= 15 is 0 Å². The van der Waals surface area contributed by atoms with Crippen molar-refractivity contribution in [3.8, 4) is 0 Å². The number of aliphatic carboxylic acids is 1. The van der Waals surface area contributed by atoms with Crippen LogP contribution in [-0.4, -0.2) is 47.4 Å². The molecular formula is C13H15NO5. The number of morpholine rings is 1. The summed E-state index contributed by atoms with van der Waals surface area (Å²) in [7, 11) is 0. The van der Waals surface area contributed by atoms with E-state index in [1.807, 2.05) is 19.1 Å². The van der Waals surface area contributed by atoms with E-state index in [4.69, 9.17) is 9.84 Å². The fourth-order valence-electron chi connectivity index (χ4n) is 1.94. The van der Waals surface area contributed by atoms with Gasteiger partial charge in [0.25, 0.3) is 5.91 Å². The molecule has 2 N–H and O–H groups in total. The first-order valence-electron chi connectivity index (χ1n) is 5.91. The molecule has 0 spiro atoms. The molecule has 1 amide bonds. The number of benzene rings is 1. The Morgan fingerprint density at radius 2 is 2.05 bits per heavy atom. The van der Waals surface area contributed by atoms with Crippen LogP contribution >= 0.6 is 0 Å². The highest BCUT2D eigenvalue weighted by atomic mass is 16.5. The van der Waals surface area contributed by atoms with Crippen LogP contribution in [0.1, 0.15) is 5.56 Å². The predicted octanol–water partition coefficient (Wildman–Crippen LogP) is 0.172. The average molecular weight is 265 g/mol. The first-order chi connectivity index (χ1) is 9.00. The van der Waals surface area contributed by atoms with Crippen LogP contribution in [0.4, 0.5) is 5.69 Å². The molecule has 2 rings (SSSR count). The molecule has 1 aromatic rings. The summed E-state index contributed by atoms with van der Waals surface area (Å²) in [4.78, 5) is 24.3. The Hall–Kier alpha value is -1.92. The first-order valence-corrected chi connectivity index (χ1v) is 5.91. The summed E-state index contributed by atoms with van der Waals surface area (Å²) in [6.45, 7) is 2.46. The van der Waals surface area contributed by atoms with Gasteiger partial charge in [-0.1, -0.05) is 17.7 Å². The summed E-state index contributed by atoms with van der Waals surface area (Å²) in [6.07, 6.45) is -3.20. The van der Waals surface area contributed by atoms with Crippen molar-refractivity contribution in [1.29, 1.82) is 0 Å². The molecule has 2 atom stereocenters. The van der Waals surface area contributed by atoms with Gasteiger partial charge in [0.2, 0.25) is 0 Å². The molecule has 1 fully saturated rings. The number of aliphatic hydroxyl groups excluding tert-OH is 1. The van der Waals surface area contributed by atoms with E-state index in [-0.39, 0.29) is 6.61 Å². The summed E-state index contributed by atoms with van der Waals surface area (Å²) in [6, 6.07) is 7.28. The molecule has 19 heavy (non-hydrogen) atoms. The second-order valence-electron chi connectivity index (χ2n) is 4.40. The van der Waals surface area contributed by atoms with E-state index in [9.17, 15) is 14.7 Å². The third-order valence-electron chi connectivity index (χ3n) is 3.01. The van der Waals surface area contributed by atoms with Gasteiger partial charge in [0, 0.05) is 12.2 Å². The van der Waals surface area contributed by atoms with Gasteiger partial charge in [-0.05, 0) is 19.1 Å². The third kappa shape index (κ3) is 2.74. The van der Waals surface area contributed by atoms with Crippen LogP contribution in [0.3, 0.4) is 0 Å². The maximum absolute atomic E-state index is 12.1. The highest BCUT2D eigenvalue weighted by molar-refractivity contribution is 6.00. The van der Waals surface area contributed by atoms with Gasteiger partial charge in [0.05, 0.1) is 6.61 Å². The van der Waals surface area contributed by atoms with E-state index in [0.29, 0.717) is 12.2 Å². The zero-order chi connectivity index (χ0) is 14.0. The average Bonchev–Trinajstić information content (AvgIpc) is 2.39. The maximum atomic E-state index is 12.1. The fraction of sp³-hybridized carbons (Fsp3) is 0.385. The smallest absolute Gasteiger partial charge is 0.335 e. The lowest BCUT2D eigenvalue weighted by atomic mass is 10.1. The standard InChI is InChI=1S/C13H15NO5/c1-8-2-4-9(5-3-8)14-6-7-19-11(12(14)16)10(15)13(17)18/h2-5,10-11,15H,6-7H2,1H3,(H,17,18). The van der Waals surface area contributed by atoms with Crippen molar-refractivity contribution in [1.82, 2.24) is 0 Å². The molecule has 2 unspecified atom stereocenters.